The number of anilines is 1. The molecule has 122 valence electrons. The molecule has 0 fully saturated rings. The van der Waals surface area contributed by atoms with Crippen LogP contribution in [-0.2, 0) is 14.1 Å². The molecule has 0 unspecified atom stereocenters. The van der Waals surface area contributed by atoms with Crippen LogP contribution in [0.3, 0.4) is 0 Å². The Bertz CT molecular complexity index is 840. The maximum atomic E-state index is 12.1. The Morgan fingerprint density at radius 1 is 1.35 bits per heavy atom. The van der Waals surface area contributed by atoms with Crippen LogP contribution in [0.2, 0.25) is 0 Å². The Kier molecular flexibility index (Phi) is 4.71. The standard InChI is InChI=1S/C15H19N5O3/c1-18(2)11(12-6-5-7-23-12)9-17-13-10(8-16)14(21)20(4)15(22)19(13)3/h5-7,11,17H,9H2,1-4H3/t11-/m0/s1. The molecule has 0 bridgehead atoms. The highest BCUT2D eigenvalue weighted by Gasteiger charge is 2.20. The van der Waals surface area contributed by atoms with Gasteiger partial charge in [-0.1, -0.05) is 0 Å². The fraction of sp³-hybridized carbons (Fsp3) is 0.400. The van der Waals surface area contributed by atoms with Gasteiger partial charge in [0.2, 0.25) is 0 Å². The predicted molar refractivity (Wildman–Crippen MR) is 85.3 cm³/mol. The van der Waals surface area contributed by atoms with Crippen LogP contribution < -0.4 is 16.6 Å². The lowest BCUT2D eigenvalue weighted by Gasteiger charge is -2.24. The van der Waals surface area contributed by atoms with Crippen molar-refractivity contribution >= 4 is 5.82 Å². The van der Waals surface area contributed by atoms with E-state index in [0.717, 1.165) is 10.3 Å². The van der Waals surface area contributed by atoms with Crippen LogP contribution >= 0.6 is 0 Å². The lowest BCUT2D eigenvalue weighted by Crippen LogP contribution is -2.40. The van der Waals surface area contributed by atoms with Crippen molar-refractivity contribution in [3.63, 3.8) is 0 Å². The second-order valence-corrected chi connectivity index (χ2v) is 5.42. The van der Waals surface area contributed by atoms with E-state index in [9.17, 15) is 14.9 Å². The molecule has 23 heavy (non-hydrogen) atoms. The molecule has 0 aliphatic carbocycles. The molecule has 0 spiro atoms. The molecule has 0 saturated carbocycles. The highest BCUT2D eigenvalue weighted by molar-refractivity contribution is 5.51. The Balaban J connectivity index is 2.39. The minimum Gasteiger partial charge on any atom is -0.468 e. The smallest absolute Gasteiger partial charge is 0.332 e. The average Bonchev–Trinajstić information content (AvgIpc) is 3.04. The molecule has 0 aliphatic heterocycles. The van der Waals surface area contributed by atoms with E-state index in [-0.39, 0.29) is 17.4 Å². The predicted octanol–water partition coefficient (Wildman–Crippen LogP) is 0.263. The van der Waals surface area contributed by atoms with Gasteiger partial charge >= 0.3 is 5.69 Å². The SMILES string of the molecule is CN(C)[C@@H](CNc1c(C#N)c(=O)n(C)c(=O)n1C)c1ccco1. The summed E-state index contributed by atoms with van der Waals surface area (Å²) in [6.45, 7) is 0.371. The largest absolute Gasteiger partial charge is 0.468 e. The summed E-state index contributed by atoms with van der Waals surface area (Å²) in [5.74, 6) is 0.953. The first-order valence-corrected chi connectivity index (χ1v) is 7.02. The van der Waals surface area contributed by atoms with E-state index in [1.54, 1.807) is 12.3 Å². The van der Waals surface area contributed by atoms with E-state index >= 15 is 0 Å². The van der Waals surface area contributed by atoms with Gasteiger partial charge in [-0.25, -0.2) is 4.79 Å². The summed E-state index contributed by atoms with van der Waals surface area (Å²) in [5.41, 5.74) is -1.19. The number of rotatable bonds is 5. The molecule has 0 amide bonds. The number of hydrogen-bond acceptors (Lipinski definition) is 6. The molecule has 2 rings (SSSR count). The number of likely N-dealkylation sites (N-methyl/N-ethyl adjacent to an activating group) is 1. The van der Waals surface area contributed by atoms with E-state index in [1.165, 1.54) is 18.7 Å². The minimum atomic E-state index is -0.613. The first-order chi connectivity index (χ1) is 10.9. The topological polar surface area (TPSA) is 96.2 Å². The molecule has 0 radical (unpaired) electrons. The van der Waals surface area contributed by atoms with Crippen LogP contribution in [0.5, 0.6) is 0 Å². The molecule has 0 saturated heterocycles. The number of nitrogens with one attached hydrogen (secondary N) is 1. The quantitative estimate of drug-likeness (QED) is 0.850. The Morgan fingerprint density at radius 2 is 2.04 bits per heavy atom. The maximum Gasteiger partial charge on any atom is 0.332 e. The molecule has 8 nitrogen and oxygen atoms in total. The number of hydrogen-bond donors (Lipinski definition) is 1. The zero-order chi connectivity index (χ0) is 17.1. The Labute approximate surface area is 133 Å². The normalized spacial score (nSPS) is 12.2. The van der Waals surface area contributed by atoms with Crippen LogP contribution in [0.15, 0.2) is 32.4 Å². The summed E-state index contributed by atoms with van der Waals surface area (Å²) in [6.07, 6.45) is 1.58. The van der Waals surface area contributed by atoms with Crippen molar-refractivity contribution in [1.82, 2.24) is 14.0 Å². The molecular weight excluding hydrogens is 298 g/mol. The molecule has 2 heterocycles. The third-order valence-electron chi connectivity index (χ3n) is 3.73. The first kappa shape index (κ1) is 16.6. The van der Waals surface area contributed by atoms with Gasteiger partial charge in [0.1, 0.15) is 17.6 Å². The molecule has 8 heteroatoms. The van der Waals surface area contributed by atoms with Crippen molar-refractivity contribution in [2.45, 2.75) is 6.04 Å². The maximum absolute atomic E-state index is 12.1. The number of nitrogens with zero attached hydrogens (tertiary/aromatic N) is 4. The van der Waals surface area contributed by atoms with Crippen molar-refractivity contribution in [3.8, 4) is 6.07 Å². The van der Waals surface area contributed by atoms with Gasteiger partial charge in [0.05, 0.1) is 12.3 Å². The molecule has 0 aliphatic rings. The van der Waals surface area contributed by atoms with Gasteiger partial charge in [-0.3, -0.25) is 18.8 Å². The van der Waals surface area contributed by atoms with Crippen LogP contribution in [0, 0.1) is 11.3 Å². The number of furan rings is 1. The molecular formula is C15H19N5O3. The van der Waals surface area contributed by atoms with Gasteiger partial charge in [0, 0.05) is 20.6 Å². The van der Waals surface area contributed by atoms with Gasteiger partial charge in [0.25, 0.3) is 5.56 Å². The third-order valence-corrected chi connectivity index (χ3v) is 3.73. The van der Waals surface area contributed by atoms with Crippen molar-refractivity contribution in [2.75, 3.05) is 26.0 Å². The molecule has 1 atom stereocenters. The van der Waals surface area contributed by atoms with E-state index in [1.807, 2.05) is 31.1 Å². The lowest BCUT2D eigenvalue weighted by molar-refractivity contribution is 0.269. The van der Waals surface area contributed by atoms with Gasteiger partial charge in [-0.2, -0.15) is 5.26 Å². The minimum absolute atomic E-state index is 0.0912. The second kappa shape index (κ2) is 6.54. The van der Waals surface area contributed by atoms with E-state index < -0.39 is 11.2 Å². The summed E-state index contributed by atoms with van der Waals surface area (Å²) in [7, 11) is 6.65. The number of aromatic nitrogens is 2. The molecule has 0 aromatic carbocycles. The molecule has 1 N–H and O–H groups in total. The summed E-state index contributed by atoms with van der Waals surface area (Å²) < 4.78 is 7.59. The first-order valence-electron chi connectivity index (χ1n) is 7.02. The van der Waals surface area contributed by atoms with Gasteiger partial charge in [-0.15, -0.1) is 0 Å². The van der Waals surface area contributed by atoms with Gasteiger partial charge < -0.3 is 9.73 Å². The van der Waals surface area contributed by atoms with Crippen LogP contribution in [0.25, 0.3) is 0 Å². The Hall–Kier alpha value is -2.79. The lowest BCUT2D eigenvalue weighted by atomic mass is 10.2. The van der Waals surface area contributed by atoms with E-state index in [0.29, 0.717) is 6.54 Å². The molecule has 2 aromatic heterocycles. The average molecular weight is 317 g/mol. The highest BCUT2D eigenvalue weighted by Crippen LogP contribution is 2.19. The van der Waals surface area contributed by atoms with Crippen LogP contribution in [0.4, 0.5) is 5.82 Å². The summed E-state index contributed by atoms with van der Waals surface area (Å²) >= 11 is 0. The fourth-order valence-corrected chi connectivity index (χ4v) is 2.36. The van der Waals surface area contributed by atoms with Crippen molar-refractivity contribution in [1.29, 1.82) is 5.26 Å². The Morgan fingerprint density at radius 3 is 2.57 bits per heavy atom. The zero-order valence-electron chi connectivity index (χ0n) is 13.5. The number of nitriles is 1. The molecule has 2 aromatic rings. The van der Waals surface area contributed by atoms with Crippen molar-refractivity contribution in [3.05, 3.63) is 50.6 Å². The summed E-state index contributed by atoms with van der Waals surface area (Å²) in [4.78, 5) is 26.0. The fourth-order valence-electron chi connectivity index (χ4n) is 2.36. The van der Waals surface area contributed by atoms with E-state index in [4.69, 9.17) is 4.42 Å². The highest BCUT2D eigenvalue weighted by atomic mass is 16.3. The van der Waals surface area contributed by atoms with Crippen LogP contribution in [0.1, 0.15) is 17.4 Å². The summed E-state index contributed by atoms with van der Waals surface area (Å²) in [6, 6.07) is 5.39. The van der Waals surface area contributed by atoms with Gasteiger partial charge in [0.15, 0.2) is 5.56 Å². The zero-order valence-corrected chi connectivity index (χ0v) is 13.5. The van der Waals surface area contributed by atoms with Crippen molar-refractivity contribution in [2.24, 2.45) is 14.1 Å². The monoisotopic (exact) mass is 317 g/mol. The van der Waals surface area contributed by atoms with Gasteiger partial charge in [-0.05, 0) is 26.2 Å². The van der Waals surface area contributed by atoms with Crippen molar-refractivity contribution < 1.29 is 4.42 Å². The van der Waals surface area contributed by atoms with Crippen LogP contribution in [-0.4, -0.2) is 34.7 Å². The third kappa shape index (κ3) is 3.05. The second-order valence-electron chi connectivity index (χ2n) is 5.42. The summed E-state index contributed by atoms with van der Waals surface area (Å²) in [5, 5.41) is 12.3. The van der Waals surface area contributed by atoms with E-state index in [2.05, 4.69) is 5.32 Å².